The van der Waals surface area contributed by atoms with Crippen LogP contribution in [0.1, 0.15) is 64.8 Å². The van der Waals surface area contributed by atoms with Crippen molar-refractivity contribution in [2.45, 2.75) is 58.2 Å². The SMILES string of the molecule is Cc1cc(F)ccc1Cc1cc2c(nn1)C(C)(C)CN2C(=O)CN1C[C@@H](C)NC[C@@H]1CN1Cc2c(C#N)cccc2C1=O. The lowest BCUT2D eigenvalue weighted by molar-refractivity contribution is -0.120. The predicted molar refractivity (Wildman–Crippen MR) is 160 cm³/mol. The first kappa shape index (κ1) is 28.9. The van der Waals surface area contributed by atoms with Crippen LogP contribution in [0, 0.1) is 24.1 Å². The Balaban J connectivity index is 1.20. The summed E-state index contributed by atoms with van der Waals surface area (Å²) in [5.74, 6) is -0.369. The molecule has 9 nitrogen and oxygen atoms in total. The number of nitriles is 1. The van der Waals surface area contributed by atoms with Crippen LogP contribution in [-0.2, 0) is 23.2 Å². The van der Waals surface area contributed by atoms with Crippen molar-refractivity contribution in [1.82, 2.24) is 25.3 Å². The van der Waals surface area contributed by atoms with E-state index in [9.17, 15) is 19.2 Å². The average molecular weight is 582 g/mol. The van der Waals surface area contributed by atoms with E-state index in [4.69, 9.17) is 0 Å². The number of halogens is 1. The molecule has 1 saturated heterocycles. The maximum atomic E-state index is 14.0. The number of piperazine rings is 1. The van der Waals surface area contributed by atoms with Crippen LogP contribution in [0.15, 0.2) is 42.5 Å². The summed E-state index contributed by atoms with van der Waals surface area (Å²) in [7, 11) is 0. The van der Waals surface area contributed by atoms with Crippen LogP contribution in [0.3, 0.4) is 0 Å². The maximum absolute atomic E-state index is 14.0. The van der Waals surface area contributed by atoms with Crippen LogP contribution in [0.2, 0.25) is 0 Å². The van der Waals surface area contributed by atoms with Gasteiger partial charge in [-0.3, -0.25) is 14.5 Å². The molecular weight excluding hydrogens is 545 g/mol. The van der Waals surface area contributed by atoms with Crippen LogP contribution in [-0.4, -0.2) is 76.6 Å². The van der Waals surface area contributed by atoms with Gasteiger partial charge in [0.05, 0.1) is 35.3 Å². The lowest BCUT2D eigenvalue weighted by atomic mass is 9.91. The van der Waals surface area contributed by atoms with Crippen molar-refractivity contribution >= 4 is 17.5 Å². The van der Waals surface area contributed by atoms with E-state index in [0.29, 0.717) is 50.3 Å². The van der Waals surface area contributed by atoms with Gasteiger partial charge >= 0.3 is 0 Å². The summed E-state index contributed by atoms with van der Waals surface area (Å²) in [6.45, 7) is 11.0. The molecule has 0 aliphatic carbocycles. The molecule has 0 bridgehead atoms. The smallest absolute Gasteiger partial charge is 0.254 e. The zero-order valence-corrected chi connectivity index (χ0v) is 25.0. The van der Waals surface area contributed by atoms with Crippen molar-refractivity contribution in [2.24, 2.45) is 0 Å². The van der Waals surface area contributed by atoms with Gasteiger partial charge < -0.3 is 15.1 Å². The summed E-state index contributed by atoms with van der Waals surface area (Å²) in [6, 6.07) is 14.3. The van der Waals surface area contributed by atoms with Gasteiger partial charge in [-0.1, -0.05) is 26.0 Å². The highest BCUT2D eigenvalue weighted by Crippen LogP contribution is 2.39. The van der Waals surface area contributed by atoms with E-state index in [-0.39, 0.29) is 41.7 Å². The molecule has 2 atom stereocenters. The number of aryl methyl sites for hydroxylation is 1. The monoisotopic (exact) mass is 581 g/mol. The first-order chi connectivity index (χ1) is 20.5. The quantitative estimate of drug-likeness (QED) is 0.476. The summed E-state index contributed by atoms with van der Waals surface area (Å²) in [5, 5.41) is 22.1. The number of carbonyl (C=O) groups is 2. The minimum absolute atomic E-state index is 0.0226. The van der Waals surface area contributed by atoms with Crippen LogP contribution in [0.4, 0.5) is 10.1 Å². The highest BCUT2D eigenvalue weighted by Gasteiger charge is 2.42. The highest BCUT2D eigenvalue weighted by atomic mass is 19.1. The lowest BCUT2D eigenvalue weighted by Gasteiger charge is -2.41. The Morgan fingerprint density at radius 1 is 1.21 bits per heavy atom. The molecule has 222 valence electrons. The number of hydrogen-bond donors (Lipinski definition) is 1. The van der Waals surface area contributed by atoms with Crippen molar-refractivity contribution in [3.05, 3.63) is 87.5 Å². The number of hydrogen-bond acceptors (Lipinski definition) is 7. The molecule has 0 saturated carbocycles. The molecule has 2 amide bonds. The first-order valence-corrected chi connectivity index (χ1v) is 14.7. The number of benzene rings is 2. The Bertz CT molecular complexity index is 1650. The van der Waals surface area contributed by atoms with Crippen molar-refractivity contribution in [1.29, 1.82) is 5.26 Å². The molecule has 43 heavy (non-hydrogen) atoms. The number of nitrogens with zero attached hydrogens (tertiary/aromatic N) is 6. The normalized spacial score (nSPS) is 21.1. The van der Waals surface area contributed by atoms with Gasteiger partial charge in [0.25, 0.3) is 5.91 Å². The van der Waals surface area contributed by atoms with Crippen molar-refractivity contribution < 1.29 is 14.0 Å². The molecule has 3 aromatic rings. The van der Waals surface area contributed by atoms with Gasteiger partial charge in [-0.25, -0.2) is 4.39 Å². The molecule has 0 unspecified atom stereocenters. The lowest BCUT2D eigenvalue weighted by Crippen LogP contribution is -2.60. The molecular formula is C33H36FN7O2. The molecule has 1 fully saturated rings. The summed E-state index contributed by atoms with van der Waals surface area (Å²) in [4.78, 5) is 33.0. The number of anilines is 1. The summed E-state index contributed by atoms with van der Waals surface area (Å²) in [6.07, 6.45) is 0.492. The fourth-order valence-corrected chi connectivity index (χ4v) is 6.59. The number of fused-ring (bicyclic) bond motifs is 2. The summed E-state index contributed by atoms with van der Waals surface area (Å²) >= 11 is 0. The third-order valence-corrected chi connectivity index (χ3v) is 8.95. The number of aromatic nitrogens is 2. The second kappa shape index (κ2) is 11.1. The maximum Gasteiger partial charge on any atom is 0.254 e. The Morgan fingerprint density at radius 2 is 2.02 bits per heavy atom. The number of amides is 2. The molecule has 0 spiro atoms. The summed E-state index contributed by atoms with van der Waals surface area (Å²) in [5.41, 5.74) is 5.63. The molecule has 6 rings (SSSR count). The zero-order valence-electron chi connectivity index (χ0n) is 25.0. The molecule has 10 heteroatoms. The van der Waals surface area contributed by atoms with E-state index < -0.39 is 0 Å². The van der Waals surface area contributed by atoms with Crippen LogP contribution in [0.5, 0.6) is 0 Å². The van der Waals surface area contributed by atoms with Gasteiger partial charge in [-0.15, -0.1) is 0 Å². The fourth-order valence-electron chi connectivity index (χ4n) is 6.59. The topological polar surface area (TPSA) is 105 Å². The van der Waals surface area contributed by atoms with Gasteiger partial charge in [-0.05, 0) is 55.3 Å². The van der Waals surface area contributed by atoms with E-state index in [1.165, 1.54) is 12.1 Å². The standard InChI is InChI=1S/C33H36FN7O2/c1-20-10-24(34)9-8-22(20)11-25-12-29-31(38-37-25)33(3,4)19-41(29)30(42)18-39-15-21(2)36-14-26(39)16-40-17-28-23(13-35)6-5-7-27(28)32(40)43/h5-10,12,21,26,36H,11,14-19H2,1-4H3/t21-,26-/m1/s1. The highest BCUT2D eigenvalue weighted by molar-refractivity contribution is 5.99. The van der Waals surface area contributed by atoms with E-state index in [1.54, 1.807) is 29.2 Å². The minimum atomic E-state index is -0.356. The summed E-state index contributed by atoms with van der Waals surface area (Å²) < 4.78 is 13.7. The second-order valence-electron chi connectivity index (χ2n) is 12.7. The van der Waals surface area contributed by atoms with Crippen molar-refractivity contribution in [2.75, 3.05) is 37.6 Å². The largest absolute Gasteiger partial charge is 0.333 e. The Morgan fingerprint density at radius 3 is 2.79 bits per heavy atom. The predicted octanol–water partition coefficient (Wildman–Crippen LogP) is 3.33. The number of rotatable bonds is 6. The number of nitrogens with one attached hydrogen (secondary N) is 1. The Kier molecular flexibility index (Phi) is 7.48. The minimum Gasteiger partial charge on any atom is -0.333 e. The zero-order chi connectivity index (χ0) is 30.5. The molecule has 3 aliphatic heterocycles. The molecule has 3 aliphatic rings. The Labute approximate surface area is 251 Å². The van der Waals surface area contributed by atoms with E-state index in [1.807, 2.05) is 17.9 Å². The van der Waals surface area contributed by atoms with Gasteiger partial charge in [0, 0.05) is 67.8 Å². The van der Waals surface area contributed by atoms with Crippen LogP contribution < -0.4 is 10.2 Å². The van der Waals surface area contributed by atoms with Gasteiger partial charge in [0.15, 0.2) is 0 Å². The second-order valence-corrected chi connectivity index (χ2v) is 12.7. The number of carbonyl (C=O) groups excluding carboxylic acids is 2. The third kappa shape index (κ3) is 5.51. The average Bonchev–Trinajstić information content (AvgIpc) is 3.43. The van der Waals surface area contributed by atoms with Gasteiger partial charge in [-0.2, -0.15) is 15.5 Å². The van der Waals surface area contributed by atoms with Gasteiger partial charge in [0.2, 0.25) is 5.91 Å². The van der Waals surface area contributed by atoms with Crippen molar-refractivity contribution in [3.63, 3.8) is 0 Å². The van der Waals surface area contributed by atoms with Crippen LogP contribution in [0.25, 0.3) is 0 Å². The molecule has 1 aromatic heterocycles. The fraction of sp³-hybridized carbons (Fsp3) is 0.424. The third-order valence-electron chi connectivity index (χ3n) is 8.95. The van der Waals surface area contributed by atoms with Crippen LogP contribution >= 0.6 is 0 Å². The molecule has 1 N–H and O–H groups in total. The van der Waals surface area contributed by atoms with E-state index >= 15 is 0 Å². The van der Waals surface area contributed by atoms with Crippen molar-refractivity contribution in [3.8, 4) is 6.07 Å². The molecule has 0 radical (unpaired) electrons. The molecule has 4 heterocycles. The Hall–Kier alpha value is -4.20. The first-order valence-electron chi connectivity index (χ1n) is 14.7. The molecule has 2 aromatic carbocycles. The van der Waals surface area contributed by atoms with E-state index in [2.05, 4.69) is 47.3 Å². The van der Waals surface area contributed by atoms with E-state index in [0.717, 1.165) is 33.8 Å². The van der Waals surface area contributed by atoms with Gasteiger partial charge in [0.1, 0.15) is 5.82 Å².